The molecule has 0 atom stereocenters. The van der Waals surface area contributed by atoms with Crippen molar-refractivity contribution in [2.45, 2.75) is 13.8 Å². The molecule has 2 nitrogen and oxygen atoms in total. The maximum absolute atomic E-state index is 11.9. The summed E-state index contributed by atoms with van der Waals surface area (Å²) in [4.78, 5) is 11.9. The van der Waals surface area contributed by atoms with Gasteiger partial charge in [-0.2, -0.15) is 0 Å². The second-order valence-electron chi connectivity index (χ2n) is 4.70. The van der Waals surface area contributed by atoms with Gasteiger partial charge in [-0.05, 0) is 32.0 Å². The van der Waals surface area contributed by atoms with E-state index in [-0.39, 0.29) is 5.78 Å². The summed E-state index contributed by atoms with van der Waals surface area (Å²) in [5.41, 5.74) is 3.99. The van der Waals surface area contributed by atoms with Crippen LogP contribution in [0.4, 0.5) is 0 Å². The van der Waals surface area contributed by atoms with Gasteiger partial charge in [0.05, 0.1) is 5.52 Å². The van der Waals surface area contributed by atoms with Crippen molar-refractivity contribution in [2.75, 3.05) is 0 Å². The first-order chi connectivity index (χ1) is 9.20. The highest BCUT2D eigenvalue weighted by atomic mass is 16.1. The predicted molar refractivity (Wildman–Crippen MR) is 78.0 cm³/mol. The average Bonchev–Trinajstić information content (AvgIpc) is 2.71. The molecule has 1 aromatic heterocycles. The van der Waals surface area contributed by atoms with Gasteiger partial charge in [0, 0.05) is 22.3 Å². The monoisotopic (exact) mass is 249 g/mol. The molecule has 0 amide bonds. The van der Waals surface area contributed by atoms with Gasteiger partial charge in [0.15, 0.2) is 5.78 Å². The first kappa shape index (κ1) is 11.7. The predicted octanol–water partition coefficient (Wildman–Crippen LogP) is 4.14. The summed E-state index contributed by atoms with van der Waals surface area (Å²) in [5, 5.41) is 1.02. The number of nitrogens with zero attached hydrogens (tertiary/aromatic N) is 1. The highest BCUT2D eigenvalue weighted by Gasteiger charge is 2.17. The van der Waals surface area contributed by atoms with Crippen molar-refractivity contribution in [3.8, 4) is 5.69 Å². The van der Waals surface area contributed by atoms with E-state index in [1.807, 2.05) is 43.3 Å². The maximum atomic E-state index is 11.9. The quantitative estimate of drug-likeness (QED) is 0.625. The lowest BCUT2D eigenvalue weighted by atomic mass is 10.1. The van der Waals surface area contributed by atoms with Crippen molar-refractivity contribution < 1.29 is 4.79 Å². The standard InChI is InChI=1S/C17H15NO/c1-12-17(13(2)19)15-10-6-7-11-16(15)18(12)14-8-4-3-5-9-14/h3-11H,1-2H3. The van der Waals surface area contributed by atoms with E-state index in [1.165, 1.54) is 0 Å². The minimum Gasteiger partial charge on any atom is -0.313 e. The third-order valence-electron chi connectivity index (χ3n) is 3.48. The molecule has 0 aliphatic carbocycles. The average molecular weight is 249 g/mol. The number of hydrogen-bond acceptors (Lipinski definition) is 1. The van der Waals surface area contributed by atoms with Crippen LogP contribution in [0, 0.1) is 6.92 Å². The molecule has 19 heavy (non-hydrogen) atoms. The molecule has 3 rings (SSSR count). The second-order valence-corrected chi connectivity index (χ2v) is 4.70. The van der Waals surface area contributed by atoms with Gasteiger partial charge in [-0.3, -0.25) is 4.79 Å². The van der Waals surface area contributed by atoms with Crippen LogP contribution in [-0.4, -0.2) is 10.4 Å². The lowest BCUT2D eigenvalue weighted by Gasteiger charge is -2.08. The number of rotatable bonds is 2. The Morgan fingerprint density at radius 2 is 1.58 bits per heavy atom. The highest BCUT2D eigenvalue weighted by molar-refractivity contribution is 6.08. The third kappa shape index (κ3) is 1.76. The Labute approximate surface area is 112 Å². The van der Waals surface area contributed by atoms with E-state index in [4.69, 9.17) is 0 Å². The highest BCUT2D eigenvalue weighted by Crippen LogP contribution is 2.29. The normalized spacial score (nSPS) is 10.8. The van der Waals surface area contributed by atoms with Crippen LogP contribution in [0.2, 0.25) is 0 Å². The van der Waals surface area contributed by atoms with Crippen LogP contribution in [0.25, 0.3) is 16.6 Å². The van der Waals surface area contributed by atoms with Crippen molar-refractivity contribution in [1.82, 2.24) is 4.57 Å². The van der Waals surface area contributed by atoms with E-state index in [9.17, 15) is 4.79 Å². The van der Waals surface area contributed by atoms with Gasteiger partial charge in [-0.25, -0.2) is 0 Å². The fourth-order valence-electron chi connectivity index (χ4n) is 2.72. The Bertz CT molecular complexity index is 754. The summed E-state index contributed by atoms with van der Waals surface area (Å²) in [6.07, 6.45) is 0. The van der Waals surface area contributed by atoms with Crippen molar-refractivity contribution in [1.29, 1.82) is 0 Å². The SMILES string of the molecule is CC(=O)c1c(C)n(-c2ccccc2)c2ccccc12. The molecule has 0 saturated carbocycles. The smallest absolute Gasteiger partial charge is 0.162 e. The van der Waals surface area contributed by atoms with Gasteiger partial charge in [-0.1, -0.05) is 36.4 Å². The van der Waals surface area contributed by atoms with Crippen molar-refractivity contribution in [2.24, 2.45) is 0 Å². The first-order valence-electron chi connectivity index (χ1n) is 6.36. The van der Waals surface area contributed by atoms with Crippen LogP contribution in [0.15, 0.2) is 54.6 Å². The molecular weight excluding hydrogens is 234 g/mol. The topological polar surface area (TPSA) is 22.0 Å². The van der Waals surface area contributed by atoms with Gasteiger partial charge in [0.2, 0.25) is 0 Å². The number of Topliss-reactive ketones (excluding diaryl/α,β-unsaturated/α-hetero) is 1. The number of aromatic nitrogens is 1. The molecule has 0 fully saturated rings. The van der Waals surface area contributed by atoms with Crippen LogP contribution < -0.4 is 0 Å². The molecule has 0 saturated heterocycles. The third-order valence-corrected chi connectivity index (χ3v) is 3.48. The van der Waals surface area contributed by atoms with Crippen LogP contribution in [0.1, 0.15) is 23.0 Å². The van der Waals surface area contributed by atoms with Gasteiger partial charge < -0.3 is 4.57 Å². The van der Waals surface area contributed by atoms with Crippen LogP contribution in [0.3, 0.4) is 0 Å². The van der Waals surface area contributed by atoms with Crippen LogP contribution in [-0.2, 0) is 0 Å². The van der Waals surface area contributed by atoms with Gasteiger partial charge in [0.25, 0.3) is 0 Å². The Morgan fingerprint density at radius 3 is 2.26 bits per heavy atom. The summed E-state index contributed by atoms with van der Waals surface area (Å²) < 4.78 is 2.14. The minimum atomic E-state index is 0.114. The molecule has 2 aromatic carbocycles. The molecule has 0 N–H and O–H groups in total. The molecule has 0 aliphatic rings. The molecule has 1 heterocycles. The molecule has 0 bridgehead atoms. The number of ketones is 1. The number of hydrogen-bond donors (Lipinski definition) is 0. The fraction of sp³-hybridized carbons (Fsp3) is 0.118. The number of fused-ring (bicyclic) bond motifs is 1. The number of carbonyl (C=O) groups excluding carboxylic acids is 1. The largest absolute Gasteiger partial charge is 0.313 e. The van der Waals surface area contributed by atoms with E-state index >= 15 is 0 Å². The summed E-state index contributed by atoms with van der Waals surface area (Å²) in [6.45, 7) is 3.63. The summed E-state index contributed by atoms with van der Waals surface area (Å²) in [7, 11) is 0. The zero-order valence-electron chi connectivity index (χ0n) is 11.1. The lowest BCUT2D eigenvalue weighted by molar-refractivity contribution is 0.101. The molecule has 2 heteroatoms. The van der Waals surface area contributed by atoms with E-state index in [1.54, 1.807) is 6.92 Å². The molecule has 0 spiro atoms. The van der Waals surface area contributed by atoms with E-state index in [0.717, 1.165) is 27.8 Å². The lowest BCUT2D eigenvalue weighted by Crippen LogP contribution is -1.99. The minimum absolute atomic E-state index is 0.114. The summed E-state index contributed by atoms with van der Waals surface area (Å²) in [6, 6.07) is 18.2. The Kier molecular flexibility index (Phi) is 2.71. The van der Waals surface area contributed by atoms with Crippen molar-refractivity contribution in [3.05, 3.63) is 65.9 Å². The second kappa shape index (κ2) is 4.39. The zero-order chi connectivity index (χ0) is 13.4. The summed E-state index contributed by atoms with van der Waals surface area (Å²) in [5.74, 6) is 0.114. The maximum Gasteiger partial charge on any atom is 0.162 e. The van der Waals surface area contributed by atoms with E-state index < -0.39 is 0 Å². The van der Waals surface area contributed by atoms with Crippen LogP contribution in [0.5, 0.6) is 0 Å². The van der Waals surface area contributed by atoms with E-state index in [0.29, 0.717) is 0 Å². The molecule has 3 aromatic rings. The summed E-state index contributed by atoms with van der Waals surface area (Å²) >= 11 is 0. The molecule has 0 radical (unpaired) electrons. The van der Waals surface area contributed by atoms with Crippen LogP contribution >= 0.6 is 0 Å². The number of carbonyl (C=O) groups is 1. The van der Waals surface area contributed by atoms with E-state index in [2.05, 4.69) is 22.8 Å². The van der Waals surface area contributed by atoms with Gasteiger partial charge >= 0.3 is 0 Å². The number of para-hydroxylation sites is 2. The molecular formula is C17H15NO. The molecule has 0 unspecified atom stereocenters. The van der Waals surface area contributed by atoms with Crippen molar-refractivity contribution in [3.63, 3.8) is 0 Å². The van der Waals surface area contributed by atoms with Crippen molar-refractivity contribution >= 4 is 16.7 Å². The van der Waals surface area contributed by atoms with Gasteiger partial charge in [0.1, 0.15) is 0 Å². The molecule has 0 aliphatic heterocycles. The Hall–Kier alpha value is -2.35. The first-order valence-corrected chi connectivity index (χ1v) is 6.36. The molecule has 94 valence electrons. The Morgan fingerprint density at radius 1 is 0.947 bits per heavy atom. The fourth-order valence-corrected chi connectivity index (χ4v) is 2.72. The zero-order valence-corrected chi connectivity index (χ0v) is 11.1. The van der Waals surface area contributed by atoms with Gasteiger partial charge in [-0.15, -0.1) is 0 Å². The number of benzene rings is 2. The Balaban J connectivity index is 2.43.